The van der Waals surface area contributed by atoms with Gasteiger partial charge in [-0.3, -0.25) is 10.1 Å². The molecule has 134 valence electrons. The van der Waals surface area contributed by atoms with Gasteiger partial charge in [-0.05, 0) is 0 Å². The quantitative estimate of drug-likeness (QED) is 0.464. The average Bonchev–Trinajstić information content (AvgIpc) is 2.62. The van der Waals surface area contributed by atoms with Gasteiger partial charge in [0.2, 0.25) is 11.6 Å². The van der Waals surface area contributed by atoms with Gasteiger partial charge in [0.1, 0.15) is 6.33 Å². The Morgan fingerprint density at radius 2 is 1.88 bits per heavy atom. The zero-order valence-corrected chi connectivity index (χ0v) is 14.0. The highest BCUT2D eigenvalue weighted by Gasteiger charge is 2.30. The van der Waals surface area contributed by atoms with Gasteiger partial charge in [0.15, 0.2) is 0 Å². The number of hydrogen-bond donors (Lipinski definition) is 0. The van der Waals surface area contributed by atoms with E-state index in [9.17, 15) is 10.1 Å². The molecule has 10 heteroatoms. The van der Waals surface area contributed by atoms with Crippen molar-refractivity contribution in [2.24, 2.45) is 0 Å². The molecule has 0 N–H and O–H groups in total. The second-order valence-corrected chi connectivity index (χ2v) is 5.20. The zero-order chi connectivity index (χ0) is 17.4. The summed E-state index contributed by atoms with van der Waals surface area (Å²) < 4.78 is 15.5. The summed E-state index contributed by atoms with van der Waals surface area (Å²) in [6, 6.07) is 0. The molecule has 0 bridgehead atoms. The van der Waals surface area contributed by atoms with Crippen molar-refractivity contribution < 1.29 is 19.1 Å². The zero-order valence-electron chi connectivity index (χ0n) is 14.0. The molecule has 0 amide bonds. The van der Waals surface area contributed by atoms with Crippen LogP contribution in [0.25, 0.3) is 0 Å². The first-order valence-electron chi connectivity index (χ1n) is 7.74. The molecule has 0 saturated carbocycles. The molecule has 0 radical (unpaired) electrons. The number of nitrogens with zero attached hydrogens (tertiary/aromatic N) is 5. The summed E-state index contributed by atoms with van der Waals surface area (Å²) in [5.41, 5.74) is -0.0911. The van der Waals surface area contributed by atoms with Crippen LogP contribution in [-0.4, -0.2) is 81.7 Å². The molecule has 0 unspecified atom stereocenters. The first-order valence-corrected chi connectivity index (χ1v) is 7.74. The topological polar surface area (TPSA) is 103 Å². The van der Waals surface area contributed by atoms with Crippen molar-refractivity contribution >= 4 is 17.3 Å². The summed E-state index contributed by atoms with van der Waals surface area (Å²) in [6.07, 6.45) is 1.36. The molecule has 0 spiro atoms. The Morgan fingerprint density at radius 3 is 2.42 bits per heavy atom. The maximum absolute atomic E-state index is 11.7. The lowest BCUT2D eigenvalue weighted by molar-refractivity contribution is -0.383. The molecule has 1 fully saturated rings. The lowest BCUT2D eigenvalue weighted by Gasteiger charge is -2.29. The highest BCUT2D eigenvalue weighted by Crippen LogP contribution is 2.34. The van der Waals surface area contributed by atoms with E-state index in [0.717, 1.165) is 0 Å². The minimum atomic E-state index is -0.424. The molecule has 1 aromatic rings. The SMILES string of the molecule is COCCN(CCOC)c1ncnc(N2CCOCC2)c1[N+](=O)[O-]. The van der Waals surface area contributed by atoms with Gasteiger partial charge in [-0.1, -0.05) is 0 Å². The van der Waals surface area contributed by atoms with E-state index in [1.165, 1.54) is 6.33 Å². The number of morpholine rings is 1. The maximum Gasteiger partial charge on any atom is 0.353 e. The molecular formula is C14H23N5O5. The highest BCUT2D eigenvalue weighted by atomic mass is 16.6. The van der Waals surface area contributed by atoms with Crippen LogP contribution in [0.4, 0.5) is 17.3 Å². The van der Waals surface area contributed by atoms with Gasteiger partial charge in [-0.2, -0.15) is 0 Å². The normalized spacial score (nSPS) is 14.7. The number of rotatable bonds is 9. The maximum atomic E-state index is 11.7. The van der Waals surface area contributed by atoms with Gasteiger partial charge >= 0.3 is 5.69 Å². The molecule has 10 nitrogen and oxygen atoms in total. The fourth-order valence-electron chi connectivity index (χ4n) is 2.49. The third-order valence-corrected chi connectivity index (χ3v) is 3.71. The summed E-state index contributed by atoms with van der Waals surface area (Å²) in [6.45, 7) is 3.97. The van der Waals surface area contributed by atoms with Crippen molar-refractivity contribution in [2.75, 3.05) is 76.6 Å². The van der Waals surface area contributed by atoms with Crippen LogP contribution in [0.3, 0.4) is 0 Å². The smallest absolute Gasteiger partial charge is 0.353 e. The van der Waals surface area contributed by atoms with Crippen LogP contribution in [0, 0.1) is 10.1 Å². The van der Waals surface area contributed by atoms with Crippen LogP contribution in [0.5, 0.6) is 0 Å². The van der Waals surface area contributed by atoms with Crippen LogP contribution in [0.2, 0.25) is 0 Å². The van der Waals surface area contributed by atoms with E-state index in [2.05, 4.69) is 9.97 Å². The molecule has 2 rings (SSSR count). The lowest BCUT2D eigenvalue weighted by atomic mass is 10.3. The van der Waals surface area contributed by atoms with E-state index in [0.29, 0.717) is 58.4 Å². The van der Waals surface area contributed by atoms with Crippen molar-refractivity contribution in [3.8, 4) is 0 Å². The molecule has 1 aliphatic rings. The Kier molecular flexibility index (Phi) is 7.09. The molecular weight excluding hydrogens is 318 g/mol. The summed E-state index contributed by atoms with van der Waals surface area (Å²) in [5, 5.41) is 11.7. The van der Waals surface area contributed by atoms with Gasteiger partial charge in [-0.15, -0.1) is 0 Å². The van der Waals surface area contributed by atoms with Crippen LogP contribution >= 0.6 is 0 Å². The standard InChI is InChI=1S/C14H23N5O5/c1-22-7-3-17(4-8-23-2)13-12(19(20)21)14(16-11-15-13)18-5-9-24-10-6-18/h11H,3-10H2,1-2H3. The number of nitro groups is 1. The second-order valence-electron chi connectivity index (χ2n) is 5.20. The molecule has 0 aliphatic carbocycles. The first kappa shape index (κ1) is 18.3. The minimum absolute atomic E-state index is 0.0911. The number of hydrogen-bond acceptors (Lipinski definition) is 9. The van der Waals surface area contributed by atoms with Crippen molar-refractivity contribution in [2.45, 2.75) is 0 Å². The minimum Gasteiger partial charge on any atom is -0.383 e. The molecule has 1 aromatic heterocycles. The molecule has 0 aromatic carbocycles. The van der Waals surface area contributed by atoms with Gasteiger partial charge < -0.3 is 24.0 Å². The highest BCUT2D eigenvalue weighted by molar-refractivity contribution is 5.71. The van der Waals surface area contributed by atoms with E-state index in [-0.39, 0.29) is 11.5 Å². The van der Waals surface area contributed by atoms with E-state index in [4.69, 9.17) is 14.2 Å². The van der Waals surface area contributed by atoms with E-state index < -0.39 is 4.92 Å². The summed E-state index contributed by atoms with van der Waals surface area (Å²) in [4.78, 5) is 23.3. The monoisotopic (exact) mass is 341 g/mol. The van der Waals surface area contributed by atoms with E-state index >= 15 is 0 Å². The fourth-order valence-corrected chi connectivity index (χ4v) is 2.49. The van der Waals surface area contributed by atoms with Crippen LogP contribution < -0.4 is 9.80 Å². The molecule has 1 saturated heterocycles. The number of ether oxygens (including phenoxy) is 3. The molecule has 1 aliphatic heterocycles. The van der Waals surface area contributed by atoms with E-state index in [1.54, 1.807) is 19.1 Å². The summed E-state index contributed by atoms with van der Waals surface area (Å²) in [5.74, 6) is 0.610. The van der Waals surface area contributed by atoms with Crippen molar-refractivity contribution in [3.05, 3.63) is 16.4 Å². The second kappa shape index (κ2) is 9.30. The van der Waals surface area contributed by atoms with Gasteiger partial charge in [0.05, 0.1) is 31.4 Å². The molecule has 24 heavy (non-hydrogen) atoms. The van der Waals surface area contributed by atoms with Gasteiger partial charge in [-0.25, -0.2) is 9.97 Å². The van der Waals surface area contributed by atoms with Crippen LogP contribution in [0.1, 0.15) is 0 Å². The van der Waals surface area contributed by atoms with Crippen LogP contribution in [-0.2, 0) is 14.2 Å². The Morgan fingerprint density at radius 1 is 1.25 bits per heavy atom. The lowest BCUT2D eigenvalue weighted by Crippen LogP contribution is -2.38. The van der Waals surface area contributed by atoms with Crippen molar-refractivity contribution in [1.82, 2.24) is 9.97 Å². The van der Waals surface area contributed by atoms with Crippen LogP contribution in [0.15, 0.2) is 6.33 Å². The molecule has 2 heterocycles. The van der Waals surface area contributed by atoms with Gasteiger partial charge in [0.25, 0.3) is 0 Å². The predicted molar refractivity (Wildman–Crippen MR) is 87.7 cm³/mol. The molecule has 0 atom stereocenters. The van der Waals surface area contributed by atoms with Crippen molar-refractivity contribution in [3.63, 3.8) is 0 Å². The Hall–Kier alpha value is -2.04. The third kappa shape index (κ3) is 4.49. The van der Waals surface area contributed by atoms with Gasteiger partial charge in [0, 0.05) is 40.4 Å². The number of methoxy groups -OCH3 is 2. The van der Waals surface area contributed by atoms with E-state index in [1.807, 2.05) is 4.90 Å². The Balaban J connectivity index is 2.36. The fraction of sp³-hybridized carbons (Fsp3) is 0.714. The van der Waals surface area contributed by atoms with Crippen molar-refractivity contribution in [1.29, 1.82) is 0 Å². The Labute approximate surface area is 140 Å². The average molecular weight is 341 g/mol. The predicted octanol–water partition coefficient (Wildman–Crippen LogP) is 0.321. The number of anilines is 2. The summed E-state index contributed by atoms with van der Waals surface area (Å²) in [7, 11) is 3.17. The largest absolute Gasteiger partial charge is 0.383 e. The first-order chi connectivity index (χ1) is 11.7. The summed E-state index contributed by atoms with van der Waals surface area (Å²) >= 11 is 0. The number of aromatic nitrogens is 2. The Bertz CT molecular complexity index is 530. The third-order valence-electron chi connectivity index (χ3n) is 3.71.